The van der Waals surface area contributed by atoms with Crippen molar-refractivity contribution in [3.05, 3.63) is 28.2 Å². The standard InChI is InChI=1S/C8H6BrFN2O2/c1-11-6(8(13)14)5-3-2-4(10)7(9)12-5/h2-3,6H,1H2,(H,13,14). The summed E-state index contributed by atoms with van der Waals surface area (Å²) in [6.07, 6.45) is 0. The van der Waals surface area contributed by atoms with Crippen LogP contribution >= 0.6 is 15.9 Å². The third kappa shape index (κ3) is 2.14. The van der Waals surface area contributed by atoms with Gasteiger partial charge in [-0.05, 0) is 34.8 Å². The summed E-state index contributed by atoms with van der Waals surface area (Å²) in [7, 11) is 0. The highest BCUT2D eigenvalue weighted by atomic mass is 79.9. The summed E-state index contributed by atoms with van der Waals surface area (Å²) in [5.41, 5.74) is 0.140. The number of aliphatic carboxylic acids is 1. The van der Waals surface area contributed by atoms with E-state index < -0.39 is 17.8 Å². The predicted octanol–water partition coefficient (Wildman–Crippen LogP) is 1.81. The highest BCUT2D eigenvalue weighted by Crippen LogP contribution is 2.19. The molecular formula is C8H6BrFN2O2. The molecule has 1 rings (SSSR count). The molecule has 1 unspecified atom stereocenters. The molecule has 0 aliphatic carbocycles. The molecule has 74 valence electrons. The first-order chi connectivity index (χ1) is 6.56. The highest BCUT2D eigenvalue weighted by Gasteiger charge is 2.19. The van der Waals surface area contributed by atoms with Crippen LogP contribution < -0.4 is 0 Å². The van der Waals surface area contributed by atoms with Gasteiger partial charge in [-0.15, -0.1) is 0 Å². The Kier molecular flexibility index (Phi) is 3.29. The molecule has 1 heterocycles. The molecule has 0 aliphatic rings. The summed E-state index contributed by atoms with van der Waals surface area (Å²) in [5, 5.41) is 8.70. The van der Waals surface area contributed by atoms with E-state index in [0.29, 0.717) is 0 Å². The van der Waals surface area contributed by atoms with Crippen molar-refractivity contribution in [2.24, 2.45) is 4.99 Å². The average Bonchev–Trinajstić information content (AvgIpc) is 2.11. The average molecular weight is 261 g/mol. The van der Waals surface area contributed by atoms with Crippen LogP contribution in [0.2, 0.25) is 0 Å². The van der Waals surface area contributed by atoms with E-state index in [1.54, 1.807) is 0 Å². The monoisotopic (exact) mass is 260 g/mol. The Morgan fingerprint density at radius 2 is 2.36 bits per heavy atom. The van der Waals surface area contributed by atoms with Gasteiger partial charge >= 0.3 is 5.97 Å². The maximum Gasteiger partial charge on any atom is 0.334 e. The van der Waals surface area contributed by atoms with Crippen molar-refractivity contribution < 1.29 is 14.3 Å². The number of carbonyl (C=O) groups is 1. The summed E-state index contributed by atoms with van der Waals surface area (Å²) in [4.78, 5) is 17.7. The quantitative estimate of drug-likeness (QED) is 0.666. The second kappa shape index (κ2) is 4.28. The van der Waals surface area contributed by atoms with Crippen LogP contribution in [0.4, 0.5) is 4.39 Å². The lowest BCUT2D eigenvalue weighted by molar-refractivity contribution is -0.138. The predicted molar refractivity (Wildman–Crippen MR) is 51.8 cm³/mol. The molecule has 14 heavy (non-hydrogen) atoms. The molecule has 0 amide bonds. The Morgan fingerprint density at radius 1 is 1.71 bits per heavy atom. The number of pyridine rings is 1. The molecule has 0 fully saturated rings. The fourth-order valence-electron chi connectivity index (χ4n) is 0.882. The van der Waals surface area contributed by atoms with Gasteiger partial charge in [0.15, 0.2) is 11.9 Å². The summed E-state index contributed by atoms with van der Waals surface area (Å²) in [6, 6.07) is 1.22. The Bertz CT molecular complexity index is 384. The van der Waals surface area contributed by atoms with Crippen LogP contribution in [-0.4, -0.2) is 22.8 Å². The van der Waals surface area contributed by atoms with E-state index >= 15 is 0 Å². The van der Waals surface area contributed by atoms with Gasteiger partial charge in [0, 0.05) is 0 Å². The maximum absolute atomic E-state index is 12.8. The van der Waals surface area contributed by atoms with E-state index in [1.165, 1.54) is 6.07 Å². The third-order valence-electron chi connectivity index (χ3n) is 1.52. The molecule has 1 N–H and O–H groups in total. The van der Waals surface area contributed by atoms with E-state index in [1.807, 2.05) is 0 Å². The number of rotatable bonds is 3. The van der Waals surface area contributed by atoms with Crippen LogP contribution in [0, 0.1) is 5.82 Å². The highest BCUT2D eigenvalue weighted by molar-refractivity contribution is 9.10. The fraction of sp³-hybridized carbons (Fsp3) is 0.125. The molecule has 0 bridgehead atoms. The second-order valence-corrected chi connectivity index (χ2v) is 3.18. The fourth-order valence-corrected chi connectivity index (χ4v) is 1.22. The number of aromatic nitrogens is 1. The largest absolute Gasteiger partial charge is 0.479 e. The van der Waals surface area contributed by atoms with Gasteiger partial charge < -0.3 is 5.11 Å². The lowest BCUT2D eigenvalue weighted by atomic mass is 10.2. The molecule has 1 aromatic rings. The number of nitrogens with zero attached hydrogens (tertiary/aromatic N) is 2. The first-order valence-corrected chi connectivity index (χ1v) is 4.36. The van der Waals surface area contributed by atoms with Gasteiger partial charge in [-0.1, -0.05) is 0 Å². The molecule has 0 aliphatic heterocycles. The summed E-state index contributed by atoms with van der Waals surface area (Å²) in [6.45, 7) is 3.13. The molecule has 0 saturated carbocycles. The van der Waals surface area contributed by atoms with Crippen molar-refractivity contribution in [1.29, 1.82) is 0 Å². The van der Waals surface area contributed by atoms with E-state index in [0.717, 1.165) is 6.07 Å². The van der Waals surface area contributed by atoms with Crippen molar-refractivity contribution in [2.45, 2.75) is 6.04 Å². The molecule has 4 nitrogen and oxygen atoms in total. The topological polar surface area (TPSA) is 62.5 Å². The van der Waals surface area contributed by atoms with E-state index in [-0.39, 0.29) is 10.3 Å². The molecule has 0 aromatic carbocycles. The number of carboxylic acids is 1. The summed E-state index contributed by atoms with van der Waals surface area (Å²) in [5.74, 6) is -1.73. The zero-order valence-corrected chi connectivity index (χ0v) is 8.53. The van der Waals surface area contributed by atoms with Gasteiger partial charge in [-0.25, -0.2) is 14.2 Å². The Morgan fingerprint density at radius 3 is 2.79 bits per heavy atom. The molecule has 1 aromatic heterocycles. The summed E-state index contributed by atoms with van der Waals surface area (Å²) >= 11 is 2.85. The molecule has 0 saturated heterocycles. The molecular weight excluding hydrogens is 255 g/mol. The minimum absolute atomic E-state index is 0.0371. The smallest absolute Gasteiger partial charge is 0.334 e. The van der Waals surface area contributed by atoms with Gasteiger partial charge in [0.2, 0.25) is 0 Å². The number of carboxylic acid groups (broad SMARTS) is 1. The molecule has 0 spiro atoms. The van der Waals surface area contributed by atoms with Crippen molar-refractivity contribution in [3.63, 3.8) is 0 Å². The van der Waals surface area contributed by atoms with Crippen molar-refractivity contribution in [1.82, 2.24) is 4.98 Å². The first-order valence-electron chi connectivity index (χ1n) is 3.57. The van der Waals surface area contributed by atoms with Crippen molar-refractivity contribution >= 4 is 28.6 Å². The van der Waals surface area contributed by atoms with Crippen LogP contribution in [0.25, 0.3) is 0 Å². The molecule has 0 radical (unpaired) electrons. The van der Waals surface area contributed by atoms with Crippen LogP contribution in [-0.2, 0) is 4.79 Å². The third-order valence-corrected chi connectivity index (χ3v) is 2.08. The summed E-state index contributed by atoms with van der Waals surface area (Å²) < 4.78 is 12.7. The normalized spacial score (nSPS) is 12.1. The van der Waals surface area contributed by atoms with Gasteiger partial charge in [-0.2, -0.15) is 0 Å². The number of aliphatic imine (C=N–C) groups is 1. The van der Waals surface area contributed by atoms with E-state index in [9.17, 15) is 9.18 Å². The van der Waals surface area contributed by atoms with Crippen LogP contribution in [0.1, 0.15) is 11.7 Å². The minimum atomic E-state index is -1.17. The molecule has 6 heteroatoms. The zero-order chi connectivity index (χ0) is 10.7. The zero-order valence-electron chi connectivity index (χ0n) is 6.94. The molecule has 1 atom stereocenters. The van der Waals surface area contributed by atoms with Gasteiger partial charge in [0.25, 0.3) is 0 Å². The van der Waals surface area contributed by atoms with Gasteiger partial charge in [0.1, 0.15) is 4.60 Å². The Balaban J connectivity index is 3.12. The van der Waals surface area contributed by atoms with Crippen molar-refractivity contribution in [2.75, 3.05) is 0 Å². The number of hydrogen-bond acceptors (Lipinski definition) is 3. The van der Waals surface area contributed by atoms with Crippen LogP contribution in [0.5, 0.6) is 0 Å². The van der Waals surface area contributed by atoms with Gasteiger partial charge in [-0.3, -0.25) is 4.99 Å². The van der Waals surface area contributed by atoms with E-state index in [4.69, 9.17) is 5.11 Å². The van der Waals surface area contributed by atoms with Crippen LogP contribution in [0.15, 0.2) is 21.7 Å². The maximum atomic E-state index is 12.8. The number of halogens is 2. The number of hydrogen-bond donors (Lipinski definition) is 1. The second-order valence-electron chi connectivity index (χ2n) is 2.43. The lowest BCUT2D eigenvalue weighted by Gasteiger charge is -2.06. The van der Waals surface area contributed by atoms with Gasteiger partial charge in [0.05, 0.1) is 5.69 Å². The van der Waals surface area contributed by atoms with Crippen LogP contribution in [0.3, 0.4) is 0 Å². The van der Waals surface area contributed by atoms with Crippen molar-refractivity contribution in [3.8, 4) is 0 Å². The SMILES string of the molecule is C=NC(C(=O)O)c1ccc(F)c(Br)n1. The minimum Gasteiger partial charge on any atom is -0.479 e. The first kappa shape index (κ1) is 10.8. The Labute approximate surface area is 87.6 Å². The lowest BCUT2D eigenvalue weighted by Crippen LogP contribution is -2.10. The Hall–Kier alpha value is -1.30. The van der Waals surface area contributed by atoms with E-state index in [2.05, 4.69) is 32.6 Å².